The fraction of sp³-hybridized carbons (Fsp3) is 0.643. The number of carbonyl (C=O) groups is 2. The van der Waals surface area contributed by atoms with E-state index in [0.717, 1.165) is 5.69 Å². The molecule has 0 aromatic carbocycles. The van der Waals surface area contributed by atoms with Gasteiger partial charge in [-0.3, -0.25) is 14.3 Å². The SMILES string of the molecule is CCn1nc(C(C)C)cc1C(=O)N(C)CCCC(=O)O. The first-order valence-corrected chi connectivity index (χ1v) is 6.91. The number of aryl methyl sites for hydroxylation is 1. The van der Waals surface area contributed by atoms with Gasteiger partial charge in [-0.05, 0) is 25.3 Å². The van der Waals surface area contributed by atoms with Gasteiger partial charge in [-0.25, -0.2) is 0 Å². The van der Waals surface area contributed by atoms with Gasteiger partial charge in [-0.15, -0.1) is 0 Å². The lowest BCUT2D eigenvalue weighted by atomic mass is 10.1. The minimum absolute atomic E-state index is 0.0713. The summed E-state index contributed by atoms with van der Waals surface area (Å²) >= 11 is 0. The Balaban J connectivity index is 2.77. The van der Waals surface area contributed by atoms with Gasteiger partial charge in [0.25, 0.3) is 5.91 Å². The highest BCUT2D eigenvalue weighted by molar-refractivity contribution is 5.92. The van der Waals surface area contributed by atoms with E-state index in [4.69, 9.17) is 5.11 Å². The molecule has 0 aliphatic carbocycles. The van der Waals surface area contributed by atoms with Crippen molar-refractivity contribution in [1.82, 2.24) is 14.7 Å². The van der Waals surface area contributed by atoms with Crippen molar-refractivity contribution in [3.63, 3.8) is 0 Å². The first-order valence-electron chi connectivity index (χ1n) is 6.91. The number of amides is 1. The highest BCUT2D eigenvalue weighted by atomic mass is 16.4. The van der Waals surface area contributed by atoms with E-state index in [0.29, 0.717) is 25.2 Å². The van der Waals surface area contributed by atoms with E-state index in [9.17, 15) is 9.59 Å². The smallest absolute Gasteiger partial charge is 0.303 e. The summed E-state index contributed by atoms with van der Waals surface area (Å²) < 4.78 is 1.70. The normalized spacial score (nSPS) is 10.8. The molecule has 0 atom stereocenters. The maximum atomic E-state index is 12.4. The van der Waals surface area contributed by atoms with E-state index in [1.807, 2.05) is 26.8 Å². The molecule has 20 heavy (non-hydrogen) atoms. The van der Waals surface area contributed by atoms with Crippen LogP contribution in [0, 0.1) is 0 Å². The van der Waals surface area contributed by atoms with Crippen LogP contribution in [0.3, 0.4) is 0 Å². The predicted octanol–water partition coefficient (Wildman–Crippen LogP) is 1.96. The molecule has 0 bridgehead atoms. The second-order valence-electron chi connectivity index (χ2n) is 5.15. The molecule has 0 spiro atoms. The third-order valence-electron chi connectivity index (χ3n) is 3.14. The Labute approximate surface area is 119 Å². The summed E-state index contributed by atoms with van der Waals surface area (Å²) in [5, 5.41) is 13.0. The van der Waals surface area contributed by atoms with Crippen LogP contribution in [0.1, 0.15) is 55.7 Å². The monoisotopic (exact) mass is 281 g/mol. The van der Waals surface area contributed by atoms with Crippen molar-refractivity contribution < 1.29 is 14.7 Å². The number of rotatable bonds is 7. The summed E-state index contributed by atoms with van der Waals surface area (Å²) in [6.45, 7) is 7.08. The lowest BCUT2D eigenvalue weighted by Crippen LogP contribution is -2.30. The number of carbonyl (C=O) groups excluding carboxylic acids is 1. The Morgan fingerprint density at radius 2 is 2.10 bits per heavy atom. The molecule has 0 radical (unpaired) electrons. The standard InChI is InChI=1S/C14H23N3O3/c1-5-17-12(9-11(15-17)10(2)3)14(20)16(4)8-6-7-13(18)19/h9-10H,5-8H2,1-4H3,(H,18,19). The zero-order valence-corrected chi connectivity index (χ0v) is 12.6. The first-order chi connectivity index (χ1) is 9.36. The second-order valence-corrected chi connectivity index (χ2v) is 5.15. The highest BCUT2D eigenvalue weighted by Crippen LogP contribution is 2.16. The summed E-state index contributed by atoms with van der Waals surface area (Å²) in [6, 6.07) is 1.82. The predicted molar refractivity (Wildman–Crippen MR) is 75.8 cm³/mol. The van der Waals surface area contributed by atoms with Gasteiger partial charge in [0.05, 0.1) is 5.69 Å². The molecule has 0 saturated heterocycles. The molecule has 0 fully saturated rings. The Kier molecular flexibility index (Phi) is 5.73. The summed E-state index contributed by atoms with van der Waals surface area (Å²) in [6.07, 6.45) is 0.525. The third-order valence-corrected chi connectivity index (χ3v) is 3.14. The largest absolute Gasteiger partial charge is 0.481 e. The minimum Gasteiger partial charge on any atom is -0.481 e. The molecule has 112 valence electrons. The molecule has 1 heterocycles. The zero-order chi connectivity index (χ0) is 15.3. The van der Waals surface area contributed by atoms with E-state index < -0.39 is 5.97 Å². The van der Waals surface area contributed by atoms with Crippen LogP contribution in [0.25, 0.3) is 0 Å². The Hall–Kier alpha value is -1.85. The van der Waals surface area contributed by atoms with Gasteiger partial charge in [0.15, 0.2) is 0 Å². The van der Waals surface area contributed by atoms with Crippen molar-refractivity contribution in [1.29, 1.82) is 0 Å². The van der Waals surface area contributed by atoms with E-state index in [-0.39, 0.29) is 18.2 Å². The van der Waals surface area contributed by atoms with E-state index >= 15 is 0 Å². The van der Waals surface area contributed by atoms with Crippen molar-refractivity contribution in [2.45, 2.75) is 46.1 Å². The van der Waals surface area contributed by atoms with Crippen molar-refractivity contribution in [2.75, 3.05) is 13.6 Å². The van der Waals surface area contributed by atoms with Gasteiger partial charge in [-0.2, -0.15) is 5.10 Å². The number of aliphatic carboxylic acids is 1. The van der Waals surface area contributed by atoms with E-state index in [1.54, 1.807) is 16.6 Å². The van der Waals surface area contributed by atoms with Gasteiger partial charge < -0.3 is 10.0 Å². The van der Waals surface area contributed by atoms with Gasteiger partial charge >= 0.3 is 5.97 Å². The van der Waals surface area contributed by atoms with Crippen LogP contribution in [-0.2, 0) is 11.3 Å². The van der Waals surface area contributed by atoms with Crippen LogP contribution in [0.4, 0.5) is 0 Å². The molecule has 1 amide bonds. The number of aromatic nitrogens is 2. The fourth-order valence-corrected chi connectivity index (χ4v) is 1.90. The average molecular weight is 281 g/mol. The Morgan fingerprint density at radius 1 is 1.45 bits per heavy atom. The van der Waals surface area contributed by atoms with Crippen molar-refractivity contribution in [2.24, 2.45) is 0 Å². The lowest BCUT2D eigenvalue weighted by molar-refractivity contribution is -0.137. The van der Waals surface area contributed by atoms with Crippen LogP contribution in [0.5, 0.6) is 0 Å². The molecule has 1 N–H and O–H groups in total. The van der Waals surface area contributed by atoms with Crippen LogP contribution in [0.2, 0.25) is 0 Å². The fourth-order valence-electron chi connectivity index (χ4n) is 1.90. The van der Waals surface area contributed by atoms with Crippen LogP contribution in [-0.4, -0.2) is 45.3 Å². The average Bonchev–Trinajstić information content (AvgIpc) is 2.81. The number of carboxylic acids is 1. The topological polar surface area (TPSA) is 75.4 Å². The number of hydrogen-bond donors (Lipinski definition) is 1. The molecule has 0 unspecified atom stereocenters. The number of hydrogen-bond acceptors (Lipinski definition) is 3. The van der Waals surface area contributed by atoms with E-state index in [2.05, 4.69) is 5.10 Å². The second kappa shape index (κ2) is 7.07. The molecule has 1 rings (SSSR count). The quantitative estimate of drug-likeness (QED) is 0.829. The van der Waals surface area contributed by atoms with Gasteiger partial charge in [0, 0.05) is 26.6 Å². The van der Waals surface area contributed by atoms with Crippen LogP contribution < -0.4 is 0 Å². The molecular weight excluding hydrogens is 258 g/mol. The Morgan fingerprint density at radius 3 is 2.60 bits per heavy atom. The van der Waals surface area contributed by atoms with Crippen molar-refractivity contribution in [3.8, 4) is 0 Å². The summed E-state index contributed by atoms with van der Waals surface area (Å²) in [4.78, 5) is 24.4. The van der Waals surface area contributed by atoms with Gasteiger partial charge in [0.1, 0.15) is 5.69 Å². The summed E-state index contributed by atoms with van der Waals surface area (Å²) in [5.74, 6) is -0.685. The molecule has 0 aliphatic rings. The van der Waals surface area contributed by atoms with Crippen molar-refractivity contribution >= 4 is 11.9 Å². The summed E-state index contributed by atoms with van der Waals surface area (Å²) in [7, 11) is 1.69. The van der Waals surface area contributed by atoms with Crippen molar-refractivity contribution in [3.05, 3.63) is 17.5 Å². The number of carboxylic acid groups (broad SMARTS) is 1. The van der Waals surface area contributed by atoms with E-state index in [1.165, 1.54) is 0 Å². The zero-order valence-electron chi connectivity index (χ0n) is 12.6. The lowest BCUT2D eigenvalue weighted by Gasteiger charge is -2.16. The summed E-state index contributed by atoms with van der Waals surface area (Å²) in [5.41, 5.74) is 1.46. The molecule has 0 aliphatic heterocycles. The number of nitrogens with zero attached hydrogens (tertiary/aromatic N) is 3. The van der Waals surface area contributed by atoms with Gasteiger partial charge in [0.2, 0.25) is 0 Å². The molecule has 1 aromatic rings. The first kappa shape index (κ1) is 16.2. The van der Waals surface area contributed by atoms with Gasteiger partial charge in [-0.1, -0.05) is 13.8 Å². The molecule has 6 heteroatoms. The molecule has 0 saturated carbocycles. The molecule has 6 nitrogen and oxygen atoms in total. The maximum Gasteiger partial charge on any atom is 0.303 e. The molecule has 1 aromatic heterocycles. The maximum absolute atomic E-state index is 12.4. The van der Waals surface area contributed by atoms with Crippen LogP contribution >= 0.6 is 0 Å². The highest BCUT2D eigenvalue weighted by Gasteiger charge is 2.19. The van der Waals surface area contributed by atoms with Crippen LogP contribution in [0.15, 0.2) is 6.07 Å². The molecular formula is C14H23N3O3. The third kappa shape index (κ3) is 4.08. The minimum atomic E-state index is -0.841. The Bertz CT molecular complexity index is 480.